The van der Waals surface area contributed by atoms with E-state index in [1.54, 1.807) is 0 Å². The van der Waals surface area contributed by atoms with E-state index in [-0.39, 0.29) is 0 Å². The average molecular weight is 286 g/mol. The van der Waals surface area contributed by atoms with Crippen LogP contribution in [0.3, 0.4) is 0 Å². The van der Waals surface area contributed by atoms with Gasteiger partial charge in [0.05, 0.1) is 6.61 Å². The molecule has 0 radical (unpaired) electrons. The summed E-state index contributed by atoms with van der Waals surface area (Å²) < 4.78 is 7.92. The van der Waals surface area contributed by atoms with Gasteiger partial charge in [0.25, 0.3) is 0 Å². The maximum Gasteiger partial charge on any atom is 0.160 e. The Morgan fingerprint density at radius 2 is 2.38 bits per heavy atom. The maximum absolute atomic E-state index is 5.57. The lowest BCUT2D eigenvalue weighted by atomic mass is 9.99. The van der Waals surface area contributed by atoms with Crippen LogP contribution in [0.4, 0.5) is 0 Å². The fourth-order valence-corrected chi connectivity index (χ4v) is 3.54. The van der Waals surface area contributed by atoms with Crippen LogP contribution in [0.15, 0.2) is 18.3 Å². The quantitative estimate of drug-likeness (QED) is 0.937. The van der Waals surface area contributed by atoms with Crippen LogP contribution in [0.1, 0.15) is 31.0 Å². The van der Waals surface area contributed by atoms with Gasteiger partial charge in [0.1, 0.15) is 11.3 Å². The molecule has 0 aromatic carbocycles. The predicted octanol–water partition coefficient (Wildman–Crippen LogP) is 1.93. The van der Waals surface area contributed by atoms with Crippen molar-refractivity contribution in [3.8, 4) is 0 Å². The van der Waals surface area contributed by atoms with Gasteiger partial charge in [-0.3, -0.25) is 0 Å². The van der Waals surface area contributed by atoms with Crippen molar-refractivity contribution in [2.75, 3.05) is 26.3 Å². The molecule has 2 unspecified atom stereocenters. The molecule has 0 bridgehead atoms. The second-order valence-corrected chi connectivity index (χ2v) is 6.20. The molecule has 2 atom stereocenters. The minimum atomic E-state index is 0.427. The summed E-state index contributed by atoms with van der Waals surface area (Å²) >= 11 is 0. The molecule has 21 heavy (non-hydrogen) atoms. The largest absolute Gasteiger partial charge is 0.381 e. The number of piperidine rings is 1. The molecule has 2 aliphatic rings. The van der Waals surface area contributed by atoms with Crippen LogP contribution < -0.4 is 5.32 Å². The van der Waals surface area contributed by atoms with Crippen molar-refractivity contribution in [1.82, 2.24) is 19.9 Å². The predicted molar refractivity (Wildman–Crippen MR) is 81.3 cm³/mol. The van der Waals surface area contributed by atoms with E-state index in [0.717, 1.165) is 50.4 Å². The monoisotopic (exact) mass is 286 g/mol. The van der Waals surface area contributed by atoms with Gasteiger partial charge in [-0.15, -0.1) is 0 Å². The van der Waals surface area contributed by atoms with E-state index >= 15 is 0 Å². The SMILES string of the molecule is c1cnc2c(c1)nc(C1CCOC1)n2CC1CCCNC1. The summed E-state index contributed by atoms with van der Waals surface area (Å²) in [6.45, 7) is 4.93. The highest BCUT2D eigenvalue weighted by atomic mass is 16.5. The second kappa shape index (κ2) is 5.73. The van der Waals surface area contributed by atoms with E-state index in [1.165, 1.54) is 18.7 Å². The minimum absolute atomic E-state index is 0.427. The summed E-state index contributed by atoms with van der Waals surface area (Å²) in [5, 5.41) is 3.51. The molecule has 4 rings (SSSR count). The van der Waals surface area contributed by atoms with E-state index in [4.69, 9.17) is 9.72 Å². The molecule has 2 saturated heterocycles. The Kier molecular flexibility index (Phi) is 3.61. The first-order chi connectivity index (χ1) is 10.4. The maximum atomic E-state index is 5.57. The molecule has 112 valence electrons. The highest BCUT2D eigenvalue weighted by molar-refractivity contribution is 5.71. The van der Waals surface area contributed by atoms with Crippen molar-refractivity contribution in [1.29, 1.82) is 0 Å². The third kappa shape index (κ3) is 2.56. The fraction of sp³-hybridized carbons (Fsp3) is 0.625. The Morgan fingerprint density at radius 3 is 3.19 bits per heavy atom. The lowest BCUT2D eigenvalue weighted by Crippen LogP contribution is -2.32. The van der Waals surface area contributed by atoms with Crippen LogP contribution in [-0.2, 0) is 11.3 Å². The molecule has 4 heterocycles. The molecule has 0 amide bonds. The Balaban J connectivity index is 1.70. The summed E-state index contributed by atoms with van der Waals surface area (Å²) in [5.74, 6) is 2.28. The van der Waals surface area contributed by atoms with Crippen molar-refractivity contribution in [3.63, 3.8) is 0 Å². The molecule has 2 aromatic heterocycles. The average Bonchev–Trinajstić information content (AvgIpc) is 3.16. The molecule has 0 saturated carbocycles. The smallest absolute Gasteiger partial charge is 0.160 e. The minimum Gasteiger partial charge on any atom is -0.381 e. The highest BCUT2D eigenvalue weighted by Gasteiger charge is 2.26. The van der Waals surface area contributed by atoms with Gasteiger partial charge in [0, 0.05) is 25.3 Å². The Bertz CT molecular complexity index is 612. The number of pyridine rings is 1. The summed E-state index contributed by atoms with van der Waals surface area (Å²) in [4.78, 5) is 9.44. The molecule has 2 aromatic rings. The van der Waals surface area contributed by atoms with Crippen molar-refractivity contribution in [3.05, 3.63) is 24.2 Å². The number of rotatable bonds is 3. The molecule has 0 spiro atoms. The third-order valence-electron chi connectivity index (χ3n) is 4.67. The number of nitrogens with zero attached hydrogens (tertiary/aromatic N) is 3. The van der Waals surface area contributed by atoms with Crippen LogP contribution in [0.5, 0.6) is 0 Å². The normalized spacial score (nSPS) is 26.5. The topological polar surface area (TPSA) is 52.0 Å². The molecule has 2 aliphatic heterocycles. The summed E-state index contributed by atoms with van der Waals surface area (Å²) in [6.07, 6.45) is 5.51. The van der Waals surface area contributed by atoms with E-state index in [1.807, 2.05) is 12.3 Å². The molecule has 0 aliphatic carbocycles. The number of hydrogen-bond acceptors (Lipinski definition) is 4. The van der Waals surface area contributed by atoms with Crippen LogP contribution >= 0.6 is 0 Å². The summed E-state index contributed by atoms with van der Waals surface area (Å²) in [5.41, 5.74) is 2.05. The Morgan fingerprint density at radius 1 is 1.38 bits per heavy atom. The van der Waals surface area contributed by atoms with Gasteiger partial charge in [-0.05, 0) is 50.4 Å². The zero-order chi connectivity index (χ0) is 14.1. The van der Waals surface area contributed by atoms with Gasteiger partial charge in [-0.25, -0.2) is 9.97 Å². The summed E-state index contributed by atoms with van der Waals surface area (Å²) in [7, 11) is 0. The van der Waals surface area contributed by atoms with Crippen LogP contribution in [0, 0.1) is 5.92 Å². The molecule has 5 nitrogen and oxygen atoms in total. The third-order valence-corrected chi connectivity index (χ3v) is 4.67. The Labute approximate surface area is 124 Å². The molecule has 5 heteroatoms. The van der Waals surface area contributed by atoms with E-state index in [2.05, 4.69) is 20.9 Å². The molecular weight excluding hydrogens is 264 g/mol. The first-order valence-electron chi connectivity index (χ1n) is 8.01. The van der Waals surface area contributed by atoms with Gasteiger partial charge in [-0.2, -0.15) is 0 Å². The fourth-order valence-electron chi connectivity index (χ4n) is 3.54. The van der Waals surface area contributed by atoms with Crippen LogP contribution in [-0.4, -0.2) is 40.8 Å². The molecule has 2 fully saturated rings. The zero-order valence-corrected chi connectivity index (χ0v) is 12.3. The number of nitrogens with one attached hydrogen (secondary N) is 1. The standard InChI is InChI=1S/C16H22N4O/c1-3-12(9-17-6-1)10-20-15(13-5-8-21-11-13)19-14-4-2-7-18-16(14)20/h2,4,7,12-13,17H,1,3,5-6,8-11H2. The number of imidazole rings is 1. The molecule has 1 N–H and O–H groups in total. The number of hydrogen-bond donors (Lipinski definition) is 1. The van der Waals surface area contributed by atoms with Crippen molar-refractivity contribution in [2.24, 2.45) is 5.92 Å². The van der Waals surface area contributed by atoms with Crippen molar-refractivity contribution < 1.29 is 4.74 Å². The van der Waals surface area contributed by atoms with E-state index in [9.17, 15) is 0 Å². The van der Waals surface area contributed by atoms with Crippen LogP contribution in [0.25, 0.3) is 11.2 Å². The molecular formula is C16H22N4O. The first kappa shape index (κ1) is 13.2. The van der Waals surface area contributed by atoms with Crippen molar-refractivity contribution in [2.45, 2.75) is 31.7 Å². The van der Waals surface area contributed by atoms with Gasteiger partial charge in [-0.1, -0.05) is 0 Å². The van der Waals surface area contributed by atoms with Gasteiger partial charge in [0.15, 0.2) is 5.65 Å². The van der Waals surface area contributed by atoms with Gasteiger partial charge >= 0.3 is 0 Å². The lowest BCUT2D eigenvalue weighted by molar-refractivity contribution is 0.192. The van der Waals surface area contributed by atoms with Gasteiger partial charge < -0.3 is 14.6 Å². The summed E-state index contributed by atoms with van der Waals surface area (Å²) in [6, 6.07) is 4.04. The second-order valence-electron chi connectivity index (χ2n) is 6.20. The number of aromatic nitrogens is 3. The van der Waals surface area contributed by atoms with E-state index < -0.39 is 0 Å². The van der Waals surface area contributed by atoms with E-state index in [0.29, 0.717) is 11.8 Å². The number of fused-ring (bicyclic) bond motifs is 1. The first-order valence-corrected chi connectivity index (χ1v) is 8.01. The van der Waals surface area contributed by atoms with Crippen molar-refractivity contribution >= 4 is 11.2 Å². The number of ether oxygens (including phenoxy) is 1. The van der Waals surface area contributed by atoms with Gasteiger partial charge in [0.2, 0.25) is 0 Å². The Hall–Kier alpha value is -1.46. The lowest BCUT2D eigenvalue weighted by Gasteiger charge is -2.24. The highest BCUT2D eigenvalue weighted by Crippen LogP contribution is 2.28. The zero-order valence-electron chi connectivity index (χ0n) is 12.3. The van der Waals surface area contributed by atoms with Crippen LogP contribution in [0.2, 0.25) is 0 Å².